The van der Waals surface area contributed by atoms with Crippen molar-refractivity contribution in [1.29, 1.82) is 0 Å². The van der Waals surface area contributed by atoms with Crippen LogP contribution in [0.4, 0.5) is 19.0 Å². The lowest BCUT2D eigenvalue weighted by Gasteiger charge is -2.07. The molecule has 11 heteroatoms. The van der Waals surface area contributed by atoms with Crippen molar-refractivity contribution in [2.75, 3.05) is 4.72 Å². The summed E-state index contributed by atoms with van der Waals surface area (Å²) in [5.41, 5.74) is 0.189. The first kappa shape index (κ1) is 16.1. The molecule has 0 radical (unpaired) electrons. The van der Waals surface area contributed by atoms with Crippen LogP contribution in [0, 0.1) is 6.92 Å². The fourth-order valence-corrected chi connectivity index (χ4v) is 3.99. The van der Waals surface area contributed by atoms with Crippen LogP contribution in [0.1, 0.15) is 5.69 Å². The zero-order valence-corrected chi connectivity index (χ0v) is 12.9. The molecule has 0 aromatic carbocycles. The second-order valence-corrected chi connectivity index (χ2v) is 7.73. The van der Waals surface area contributed by atoms with Crippen molar-refractivity contribution < 1.29 is 21.6 Å². The van der Waals surface area contributed by atoms with Gasteiger partial charge in [0.2, 0.25) is 0 Å². The van der Waals surface area contributed by atoms with Crippen LogP contribution in [0.3, 0.4) is 0 Å². The summed E-state index contributed by atoms with van der Waals surface area (Å²) in [5.74, 6) is -0.179. The molecule has 0 saturated heterocycles. The van der Waals surface area contributed by atoms with Gasteiger partial charge in [-0.3, -0.25) is 9.40 Å². The van der Waals surface area contributed by atoms with Crippen LogP contribution in [0.25, 0.3) is 0 Å². The first-order chi connectivity index (χ1) is 9.57. The minimum absolute atomic E-state index is 0.0458. The predicted molar refractivity (Wildman–Crippen MR) is 73.2 cm³/mol. The lowest BCUT2D eigenvalue weighted by atomic mass is 10.4. The Morgan fingerprint density at radius 3 is 2.62 bits per heavy atom. The third kappa shape index (κ3) is 4.11. The van der Waals surface area contributed by atoms with Crippen LogP contribution in [-0.2, 0) is 16.6 Å². The molecule has 0 aliphatic carbocycles. The minimum atomic E-state index is -4.44. The topological polar surface area (TPSA) is 64.0 Å². The average Bonchev–Trinajstić information content (AvgIpc) is 2.84. The quantitative estimate of drug-likeness (QED) is 0.911. The Bertz CT molecular complexity index is 752. The van der Waals surface area contributed by atoms with E-state index < -0.39 is 22.7 Å². The van der Waals surface area contributed by atoms with Gasteiger partial charge in [0.1, 0.15) is 10.8 Å². The van der Waals surface area contributed by atoms with Crippen molar-refractivity contribution in [2.24, 2.45) is 0 Å². The van der Waals surface area contributed by atoms with Gasteiger partial charge in [-0.1, -0.05) is 11.6 Å². The van der Waals surface area contributed by atoms with Crippen molar-refractivity contribution in [2.45, 2.75) is 23.9 Å². The van der Waals surface area contributed by atoms with E-state index in [1.807, 2.05) is 0 Å². The van der Waals surface area contributed by atoms with E-state index in [4.69, 9.17) is 11.6 Å². The molecule has 0 spiro atoms. The number of sulfonamides is 1. The molecule has 2 aromatic heterocycles. The summed E-state index contributed by atoms with van der Waals surface area (Å²) in [7, 11) is -3.91. The molecule has 2 heterocycles. The van der Waals surface area contributed by atoms with Crippen molar-refractivity contribution in [1.82, 2.24) is 9.78 Å². The van der Waals surface area contributed by atoms with Gasteiger partial charge in [-0.2, -0.15) is 18.3 Å². The molecule has 2 aromatic rings. The van der Waals surface area contributed by atoms with Crippen LogP contribution < -0.4 is 4.72 Å². The molecule has 1 N–H and O–H groups in total. The zero-order chi connectivity index (χ0) is 15.8. The number of rotatable bonds is 4. The van der Waals surface area contributed by atoms with E-state index in [2.05, 4.69) is 9.82 Å². The van der Waals surface area contributed by atoms with Gasteiger partial charge >= 0.3 is 6.18 Å². The van der Waals surface area contributed by atoms with Gasteiger partial charge in [0, 0.05) is 11.8 Å². The fourth-order valence-electron chi connectivity index (χ4n) is 1.52. The highest BCUT2D eigenvalue weighted by molar-refractivity contribution is 7.94. The van der Waals surface area contributed by atoms with Crippen molar-refractivity contribution in [3.63, 3.8) is 0 Å². The van der Waals surface area contributed by atoms with Crippen LogP contribution >= 0.6 is 22.9 Å². The van der Waals surface area contributed by atoms with Gasteiger partial charge < -0.3 is 0 Å². The molecule has 5 nitrogen and oxygen atoms in total. The summed E-state index contributed by atoms with van der Waals surface area (Å²) in [6.07, 6.45) is -4.44. The van der Waals surface area contributed by atoms with Crippen molar-refractivity contribution >= 4 is 38.8 Å². The highest BCUT2D eigenvalue weighted by Crippen LogP contribution is 2.27. The van der Waals surface area contributed by atoms with Crippen LogP contribution in [0.15, 0.2) is 22.4 Å². The first-order valence-electron chi connectivity index (χ1n) is 5.46. The van der Waals surface area contributed by atoms with Gasteiger partial charge in [0.15, 0.2) is 5.82 Å². The summed E-state index contributed by atoms with van der Waals surface area (Å²) < 4.78 is 64.0. The van der Waals surface area contributed by atoms with Crippen LogP contribution in [-0.4, -0.2) is 24.4 Å². The minimum Gasteiger partial charge on any atom is -0.261 e. The molecule has 116 valence electrons. The second kappa shape index (κ2) is 5.50. The van der Waals surface area contributed by atoms with Gasteiger partial charge in [-0.05, 0) is 19.1 Å². The molecule has 21 heavy (non-hydrogen) atoms. The number of nitrogens with zero attached hydrogens (tertiary/aromatic N) is 2. The Hall–Kier alpha value is -1.26. The number of hydrogen-bond acceptors (Lipinski definition) is 4. The molecule has 0 aliphatic rings. The predicted octanol–water partition coefficient (Wildman–Crippen LogP) is 3.27. The number of alkyl halides is 3. The zero-order valence-electron chi connectivity index (χ0n) is 10.5. The third-order valence-electron chi connectivity index (χ3n) is 2.36. The van der Waals surface area contributed by atoms with Crippen molar-refractivity contribution in [3.8, 4) is 0 Å². The summed E-state index contributed by atoms with van der Waals surface area (Å²) in [5, 5.41) is 3.59. The summed E-state index contributed by atoms with van der Waals surface area (Å²) in [6, 6.07) is 3.93. The molecular weight excluding hydrogens is 351 g/mol. The van der Waals surface area contributed by atoms with E-state index in [1.54, 1.807) is 0 Å². The fraction of sp³-hybridized carbons (Fsp3) is 0.300. The molecule has 0 bridgehead atoms. The molecule has 0 fully saturated rings. The molecule has 2 rings (SSSR count). The molecule has 0 unspecified atom stereocenters. The maximum Gasteiger partial charge on any atom is 0.408 e. The van der Waals surface area contributed by atoms with Crippen LogP contribution in [0.5, 0.6) is 0 Å². The van der Waals surface area contributed by atoms with Gasteiger partial charge in [0.25, 0.3) is 10.0 Å². The summed E-state index contributed by atoms with van der Waals surface area (Å²) in [6.45, 7) is 0.115. The number of thiophene rings is 1. The number of aromatic nitrogens is 2. The number of hydrogen-bond donors (Lipinski definition) is 1. The van der Waals surface area contributed by atoms with E-state index in [1.165, 1.54) is 25.1 Å². The van der Waals surface area contributed by atoms with E-state index in [0.29, 0.717) is 4.68 Å². The van der Waals surface area contributed by atoms with Gasteiger partial charge in [0.05, 0.1) is 4.34 Å². The number of halogens is 4. The molecule has 0 amide bonds. The Morgan fingerprint density at radius 1 is 1.43 bits per heavy atom. The monoisotopic (exact) mass is 359 g/mol. The summed E-state index contributed by atoms with van der Waals surface area (Å²) >= 11 is 6.49. The van der Waals surface area contributed by atoms with E-state index in [-0.39, 0.29) is 20.1 Å². The van der Waals surface area contributed by atoms with E-state index in [9.17, 15) is 21.6 Å². The lowest BCUT2D eigenvalue weighted by Crippen LogP contribution is -2.20. The average molecular weight is 360 g/mol. The molecular formula is C10H9ClF3N3O2S2. The number of nitrogens with one attached hydrogen (secondary N) is 1. The molecule has 0 atom stereocenters. The Labute approximate surface area is 127 Å². The lowest BCUT2D eigenvalue weighted by molar-refractivity contribution is -0.142. The largest absolute Gasteiger partial charge is 0.408 e. The SMILES string of the molecule is Cc1cc(NS(=O)(=O)c2ccc(Cl)s2)nn1CC(F)(F)F. The molecule has 0 aliphatic heterocycles. The first-order valence-corrected chi connectivity index (χ1v) is 8.14. The summed E-state index contributed by atoms with van der Waals surface area (Å²) in [4.78, 5) is 0. The van der Waals surface area contributed by atoms with E-state index in [0.717, 1.165) is 11.3 Å². The van der Waals surface area contributed by atoms with E-state index >= 15 is 0 Å². The van der Waals surface area contributed by atoms with Gasteiger partial charge in [-0.25, -0.2) is 8.42 Å². The van der Waals surface area contributed by atoms with Crippen LogP contribution in [0.2, 0.25) is 4.34 Å². The smallest absolute Gasteiger partial charge is 0.261 e. The Morgan fingerprint density at radius 2 is 2.10 bits per heavy atom. The molecule has 0 saturated carbocycles. The Balaban J connectivity index is 2.22. The maximum atomic E-state index is 12.3. The van der Waals surface area contributed by atoms with Gasteiger partial charge in [-0.15, -0.1) is 11.3 Å². The highest BCUT2D eigenvalue weighted by atomic mass is 35.5. The second-order valence-electron chi connectivity index (χ2n) is 4.11. The Kier molecular flexibility index (Phi) is 4.22. The maximum absolute atomic E-state index is 12.3. The number of aryl methyl sites for hydroxylation is 1. The standard InChI is InChI=1S/C10H9ClF3N3O2S2/c1-6-4-8(15-17(6)5-10(12,13)14)16-21(18,19)9-3-2-7(11)20-9/h2-4H,5H2,1H3,(H,15,16). The highest BCUT2D eigenvalue weighted by Gasteiger charge is 2.29. The van der Waals surface area contributed by atoms with Crippen molar-refractivity contribution in [3.05, 3.63) is 28.2 Å². The number of anilines is 1. The normalized spacial score (nSPS) is 12.6. The third-order valence-corrected chi connectivity index (χ3v) is 5.44.